The fourth-order valence-corrected chi connectivity index (χ4v) is 6.51. The van der Waals surface area contributed by atoms with Crippen LogP contribution in [0.3, 0.4) is 0 Å². The Kier molecular flexibility index (Phi) is 9.16. The van der Waals surface area contributed by atoms with Crippen molar-refractivity contribution in [2.24, 2.45) is 5.92 Å². The highest BCUT2D eigenvalue weighted by Gasteiger charge is 2.34. The number of unbranched alkanes of at least 4 members (excludes halogenated alkanes) is 1. The molecule has 3 fully saturated rings. The van der Waals surface area contributed by atoms with Gasteiger partial charge in [0.15, 0.2) is 0 Å². The van der Waals surface area contributed by atoms with Gasteiger partial charge in [0.2, 0.25) is 21.8 Å². The smallest absolute Gasteiger partial charge is 0.236 e. The minimum absolute atomic E-state index is 0.0806. The van der Waals surface area contributed by atoms with E-state index in [0.29, 0.717) is 52.0 Å². The maximum atomic E-state index is 13.0. The van der Waals surface area contributed by atoms with E-state index in [1.54, 1.807) is 4.31 Å². The number of carbonyl (C=O) groups is 2. The SMILES string of the molecule is CCCCS(=O)(=O)N1CCC(C(=O)N2CCN(CC(=O)N3CCCCCC3)CC2)CC1. The summed E-state index contributed by atoms with van der Waals surface area (Å²) in [7, 11) is -3.18. The maximum absolute atomic E-state index is 13.0. The first-order valence-electron chi connectivity index (χ1n) is 12.2. The number of amides is 2. The van der Waals surface area contributed by atoms with E-state index in [9.17, 15) is 18.0 Å². The molecule has 0 aromatic heterocycles. The van der Waals surface area contributed by atoms with Crippen LogP contribution in [-0.2, 0) is 19.6 Å². The first kappa shape index (κ1) is 24.5. The summed E-state index contributed by atoms with van der Waals surface area (Å²) in [6.07, 6.45) is 7.41. The van der Waals surface area contributed by atoms with Gasteiger partial charge in [-0.05, 0) is 32.1 Å². The van der Waals surface area contributed by atoms with Crippen LogP contribution in [0.4, 0.5) is 0 Å². The van der Waals surface area contributed by atoms with Crippen LogP contribution in [0.15, 0.2) is 0 Å². The van der Waals surface area contributed by atoms with Gasteiger partial charge >= 0.3 is 0 Å². The minimum atomic E-state index is -3.18. The Morgan fingerprint density at radius 3 is 2.00 bits per heavy atom. The van der Waals surface area contributed by atoms with Crippen molar-refractivity contribution in [2.75, 3.05) is 64.7 Å². The third-order valence-electron chi connectivity index (χ3n) is 6.95. The molecule has 0 spiro atoms. The molecule has 0 aromatic rings. The third-order valence-corrected chi connectivity index (χ3v) is 8.91. The number of hydrogen-bond acceptors (Lipinski definition) is 5. The zero-order chi connectivity index (χ0) is 22.3. The normalized spacial score (nSPS) is 23.0. The average Bonchev–Trinajstić information content (AvgIpc) is 3.08. The van der Waals surface area contributed by atoms with Crippen molar-refractivity contribution < 1.29 is 18.0 Å². The van der Waals surface area contributed by atoms with E-state index in [1.165, 1.54) is 12.8 Å². The Hall–Kier alpha value is -1.19. The molecule has 3 aliphatic heterocycles. The zero-order valence-corrected chi connectivity index (χ0v) is 20.0. The van der Waals surface area contributed by atoms with E-state index in [0.717, 1.165) is 45.4 Å². The molecule has 0 bridgehead atoms. The molecule has 0 saturated carbocycles. The minimum Gasteiger partial charge on any atom is -0.342 e. The number of likely N-dealkylation sites (tertiary alicyclic amines) is 1. The summed E-state index contributed by atoms with van der Waals surface area (Å²) in [4.78, 5) is 31.7. The molecule has 3 saturated heterocycles. The zero-order valence-electron chi connectivity index (χ0n) is 19.1. The van der Waals surface area contributed by atoms with E-state index in [4.69, 9.17) is 0 Å². The molecule has 0 aliphatic carbocycles. The Bertz CT molecular complexity index is 690. The Labute approximate surface area is 188 Å². The number of hydrogen-bond donors (Lipinski definition) is 0. The van der Waals surface area contributed by atoms with Crippen LogP contribution in [0.5, 0.6) is 0 Å². The van der Waals surface area contributed by atoms with Crippen molar-refractivity contribution in [3.63, 3.8) is 0 Å². The number of carbonyl (C=O) groups excluding carboxylic acids is 2. The van der Waals surface area contributed by atoms with E-state index in [2.05, 4.69) is 4.90 Å². The first-order chi connectivity index (χ1) is 14.9. The second-order valence-corrected chi connectivity index (χ2v) is 11.3. The van der Waals surface area contributed by atoms with Crippen LogP contribution in [0.2, 0.25) is 0 Å². The number of piperidine rings is 1. The lowest BCUT2D eigenvalue weighted by Gasteiger charge is -2.38. The predicted molar refractivity (Wildman–Crippen MR) is 121 cm³/mol. The van der Waals surface area contributed by atoms with E-state index >= 15 is 0 Å². The summed E-state index contributed by atoms with van der Waals surface area (Å²) in [5, 5.41) is 0. The first-order valence-corrected chi connectivity index (χ1v) is 13.8. The van der Waals surface area contributed by atoms with Gasteiger partial charge in [0.05, 0.1) is 12.3 Å². The standard InChI is InChI=1S/C22H40N4O4S/c1-2-3-18-31(29,30)26-12-8-20(9-13-26)22(28)25-16-14-23(15-17-25)19-21(27)24-10-6-4-5-7-11-24/h20H,2-19H2,1H3. The van der Waals surface area contributed by atoms with Crippen molar-refractivity contribution in [3.05, 3.63) is 0 Å². The summed E-state index contributed by atoms with van der Waals surface area (Å²) in [6.45, 7) is 7.88. The fourth-order valence-electron chi connectivity index (χ4n) is 4.83. The lowest BCUT2D eigenvalue weighted by molar-refractivity contribution is -0.139. The molecule has 0 unspecified atom stereocenters. The monoisotopic (exact) mass is 456 g/mol. The third kappa shape index (κ3) is 6.89. The molecule has 0 N–H and O–H groups in total. The molecule has 3 rings (SSSR count). The number of piperazine rings is 1. The molecule has 8 nitrogen and oxygen atoms in total. The molecular weight excluding hydrogens is 416 g/mol. The van der Waals surface area contributed by atoms with E-state index in [-0.39, 0.29) is 23.5 Å². The second kappa shape index (κ2) is 11.6. The Balaban J connectivity index is 1.40. The Morgan fingerprint density at radius 1 is 0.806 bits per heavy atom. The summed E-state index contributed by atoms with van der Waals surface area (Å²) < 4.78 is 26.3. The van der Waals surface area contributed by atoms with Gasteiger partial charge in [0.1, 0.15) is 0 Å². The molecule has 0 aromatic carbocycles. The van der Waals surface area contributed by atoms with Crippen LogP contribution >= 0.6 is 0 Å². The summed E-state index contributed by atoms with van der Waals surface area (Å²) in [6, 6.07) is 0. The highest BCUT2D eigenvalue weighted by Crippen LogP contribution is 2.23. The van der Waals surface area contributed by atoms with Gasteiger partial charge in [-0.25, -0.2) is 12.7 Å². The highest BCUT2D eigenvalue weighted by molar-refractivity contribution is 7.89. The van der Waals surface area contributed by atoms with Crippen LogP contribution in [0.25, 0.3) is 0 Å². The van der Waals surface area contributed by atoms with Crippen molar-refractivity contribution in [1.29, 1.82) is 0 Å². The van der Waals surface area contributed by atoms with Crippen LogP contribution in [-0.4, -0.2) is 104 Å². The van der Waals surface area contributed by atoms with Gasteiger partial charge in [-0.1, -0.05) is 26.2 Å². The highest BCUT2D eigenvalue weighted by atomic mass is 32.2. The van der Waals surface area contributed by atoms with E-state index in [1.807, 2.05) is 16.7 Å². The van der Waals surface area contributed by atoms with Crippen LogP contribution in [0, 0.1) is 5.92 Å². The maximum Gasteiger partial charge on any atom is 0.236 e. The summed E-state index contributed by atoms with van der Waals surface area (Å²) in [5.74, 6) is 0.505. The quantitative estimate of drug-likeness (QED) is 0.578. The molecular formula is C22H40N4O4S. The van der Waals surface area contributed by atoms with Gasteiger partial charge in [-0.3, -0.25) is 14.5 Å². The Morgan fingerprint density at radius 2 is 1.42 bits per heavy atom. The second-order valence-electron chi connectivity index (χ2n) is 9.24. The van der Waals surface area contributed by atoms with Gasteiger partial charge in [-0.2, -0.15) is 0 Å². The van der Waals surface area contributed by atoms with Gasteiger partial charge in [-0.15, -0.1) is 0 Å². The molecule has 2 amide bonds. The number of sulfonamides is 1. The molecule has 3 heterocycles. The lowest BCUT2D eigenvalue weighted by atomic mass is 9.96. The summed E-state index contributed by atoms with van der Waals surface area (Å²) >= 11 is 0. The topological polar surface area (TPSA) is 81.2 Å². The van der Waals surface area contributed by atoms with Gasteiger partial charge < -0.3 is 9.80 Å². The van der Waals surface area contributed by atoms with Crippen LogP contribution < -0.4 is 0 Å². The largest absolute Gasteiger partial charge is 0.342 e. The van der Waals surface area contributed by atoms with E-state index < -0.39 is 10.0 Å². The molecule has 31 heavy (non-hydrogen) atoms. The van der Waals surface area contributed by atoms with Gasteiger partial charge in [0.25, 0.3) is 0 Å². The van der Waals surface area contributed by atoms with Crippen LogP contribution in [0.1, 0.15) is 58.3 Å². The predicted octanol–water partition coefficient (Wildman–Crippen LogP) is 1.38. The molecule has 9 heteroatoms. The average molecular weight is 457 g/mol. The molecule has 178 valence electrons. The number of rotatable bonds is 7. The molecule has 0 atom stereocenters. The van der Waals surface area contributed by atoms with Gasteiger partial charge in [0, 0.05) is 58.3 Å². The summed E-state index contributed by atoms with van der Waals surface area (Å²) in [5.41, 5.74) is 0. The lowest BCUT2D eigenvalue weighted by Crippen LogP contribution is -2.53. The molecule has 3 aliphatic rings. The number of nitrogens with zero attached hydrogens (tertiary/aromatic N) is 4. The van der Waals surface area contributed by atoms with Crippen molar-refractivity contribution in [2.45, 2.75) is 58.3 Å². The van der Waals surface area contributed by atoms with Crippen molar-refractivity contribution in [3.8, 4) is 0 Å². The molecule has 0 radical (unpaired) electrons. The van der Waals surface area contributed by atoms with Crippen molar-refractivity contribution in [1.82, 2.24) is 19.0 Å². The fraction of sp³-hybridized carbons (Fsp3) is 0.909. The van der Waals surface area contributed by atoms with Crippen molar-refractivity contribution >= 4 is 21.8 Å².